The lowest BCUT2D eigenvalue weighted by Gasteiger charge is -2.40. The van der Waals surface area contributed by atoms with Crippen molar-refractivity contribution in [3.63, 3.8) is 0 Å². The minimum atomic E-state index is -8.06. The summed E-state index contributed by atoms with van der Waals surface area (Å²) >= 11 is 0. The molecule has 0 N–H and O–H groups in total. The third-order valence-electron chi connectivity index (χ3n) is 4.44. The second kappa shape index (κ2) is 8.81. The van der Waals surface area contributed by atoms with Crippen LogP contribution in [0.5, 0.6) is 0 Å². The quantitative estimate of drug-likeness (QED) is 0.296. The highest BCUT2D eigenvalue weighted by molar-refractivity contribution is 5.82. The monoisotopic (exact) mass is 521 g/mol. The normalized spacial score (nSPS) is 15.0. The average Bonchev–Trinajstić information content (AvgIpc) is 2.68. The fraction of sp³-hybridized carbons (Fsp3) is 0.556. The smallest absolute Gasteiger partial charge is 0.460 e. The molecule has 1 rings (SSSR count). The van der Waals surface area contributed by atoms with Crippen LogP contribution in [0, 0.1) is 18.3 Å². The van der Waals surface area contributed by atoms with Crippen LogP contribution >= 0.6 is 0 Å². The van der Waals surface area contributed by atoms with Gasteiger partial charge in [-0.05, 0) is 25.5 Å². The van der Waals surface area contributed by atoms with Crippen LogP contribution in [0.2, 0.25) is 0 Å². The van der Waals surface area contributed by atoms with E-state index in [1.165, 1.54) is 0 Å². The molecule has 3 nitrogen and oxygen atoms in total. The number of hydrogen-bond donors (Lipinski definition) is 0. The van der Waals surface area contributed by atoms with Crippen molar-refractivity contribution in [1.29, 1.82) is 5.26 Å². The zero-order valence-electron chi connectivity index (χ0n) is 16.7. The van der Waals surface area contributed by atoms with E-state index >= 15 is 0 Å². The van der Waals surface area contributed by atoms with Crippen molar-refractivity contribution in [3.8, 4) is 6.07 Å². The molecule has 34 heavy (non-hydrogen) atoms. The highest BCUT2D eigenvalue weighted by atomic mass is 19.4. The van der Waals surface area contributed by atoms with Crippen molar-refractivity contribution in [2.45, 2.75) is 55.6 Å². The Morgan fingerprint density at radius 1 is 0.882 bits per heavy atom. The van der Waals surface area contributed by atoms with Crippen molar-refractivity contribution in [1.82, 2.24) is 0 Å². The zero-order chi connectivity index (χ0) is 27.1. The summed E-state index contributed by atoms with van der Waals surface area (Å²) in [4.78, 5) is 11.8. The predicted octanol–water partition coefficient (Wildman–Crippen LogP) is 6.36. The molecule has 0 radical (unpaired) electrons. The van der Waals surface area contributed by atoms with Crippen LogP contribution in [-0.4, -0.2) is 42.4 Å². The molecule has 0 saturated heterocycles. The van der Waals surface area contributed by atoms with E-state index in [2.05, 4.69) is 4.74 Å². The van der Waals surface area contributed by atoms with Gasteiger partial charge < -0.3 is 4.74 Å². The summed E-state index contributed by atoms with van der Waals surface area (Å²) < 4.78 is 180. The third kappa shape index (κ3) is 4.24. The van der Waals surface area contributed by atoms with Gasteiger partial charge in [-0.1, -0.05) is 17.7 Å². The molecule has 0 aromatic heterocycles. The van der Waals surface area contributed by atoms with E-state index in [-0.39, 0.29) is 6.07 Å². The minimum absolute atomic E-state index is 0.0526. The van der Waals surface area contributed by atoms with Crippen LogP contribution < -0.4 is 0 Å². The second-order valence-corrected chi connectivity index (χ2v) is 6.77. The Morgan fingerprint density at radius 3 is 1.76 bits per heavy atom. The van der Waals surface area contributed by atoms with Gasteiger partial charge in [-0.25, -0.2) is 0 Å². The van der Waals surface area contributed by atoms with Gasteiger partial charge in [0, 0.05) is 5.56 Å². The number of halogens is 13. The van der Waals surface area contributed by atoms with Gasteiger partial charge in [0.05, 0.1) is 12.7 Å². The van der Waals surface area contributed by atoms with E-state index in [0.717, 1.165) is 26.0 Å². The third-order valence-corrected chi connectivity index (χ3v) is 4.44. The topological polar surface area (TPSA) is 50.1 Å². The molecule has 0 bridgehead atoms. The highest BCUT2D eigenvalue weighted by Gasteiger charge is 2.91. The average molecular weight is 521 g/mol. The molecule has 1 unspecified atom stereocenters. The molecule has 1 atom stereocenters. The Balaban J connectivity index is 3.86. The van der Waals surface area contributed by atoms with Crippen LogP contribution in [0.1, 0.15) is 29.5 Å². The summed E-state index contributed by atoms with van der Waals surface area (Å²) in [5, 5.41) is 9.05. The molecule has 16 heteroatoms. The number of hydrogen-bond acceptors (Lipinski definition) is 3. The second-order valence-electron chi connectivity index (χ2n) is 6.77. The molecule has 0 aliphatic heterocycles. The van der Waals surface area contributed by atoms with Gasteiger partial charge >= 0.3 is 41.8 Å². The van der Waals surface area contributed by atoms with Crippen molar-refractivity contribution in [3.05, 3.63) is 34.9 Å². The van der Waals surface area contributed by atoms with E-state index in [9.17, 15) is 61.9 Å². The first-order valence-corrected chi connectivity index (χ1v) is 8.69. The van der Waals surface area contributed by atoms with Gasteiger partial charge in [0.1, 0.15) is 0 Å². The number of alkyl halides is 13. The van der Waals surface area contributed by atoms with Crippen molar-refractivity contribution < 1.29 is 66.6 Å². The minimum Gasteiger partial charge on any atom is -0.465 e. The van der Waals surface area contributed by atoms with E-state index in [0.29, 0.717) is 6.07 Å². The molecule has 0 spiro atoms. The number of nitriles is 1. The van der Waals surface area contributed by atoms with Crippen molar-refractivity contribution in [2.24, 2.45) is 0 Å². The van der Waals surface area contributed by atoms with Gasteiger partial charge in [0.25, 0.3) is 0 Å². The fourth-order valence-corrected chi connectivity index (χ4v) is 2.61. The fourth-order valence-electron chi connectivity index (χ4n) is 2.61. The molecule has 0 amide bonds. The summed E-state index contributed by atoms with van der Waals surface area (Å²) in [6.45, 7) is 1.56. The Kier molecular flexibility index (Phi) is 7.59. The van der Waals surface area contributed by atoms with E-state index < -0.39 is 71.0 Å². The molecular weight excluding hydrogens is 509 g/mol. The predicted molar refractivity (Wildman–Crippen MR) is 85.9 cm³/mol. The van der Waals surface area contributed by atoms with Gasteiger partial charge in [0.15, 0.2) is 5.92 Å². The van der Waals surface area contributed by atoms with Crippen LogP contribution in [-0.2, 0) is 15.5 Å². The van der Waals surface area contributed by atoms with Gasteiger partial charge in [-0.15, -0.1) is 0 Å². The van der Waals surface area contributed by atoms with Crippen molar-refractivity contribution >= 4 is 5.97 Å². The summed E-state index contributed by atoms with van der Waals surface area (Å²) in [6.07, 6.45) is -7.53. The summed E-state index contributed by atoms with van der Waals surface area (Å²) in [7, 11) is 0. The molecule has 1 aromatic carbocycles. The Labute approximate surface area is 182 Å². The SMILES string of the molecule is CCOC(=O)C(C#N)c1ccc(C)cc1C(F)(F)C(F)(F)C(F)(F)C(F)(F)C(F)(F)C(F)(F)F. The van der Waals surface area contributed by atoms with Gasteiger partial charge in [-0.3, -0.25) is 4.79 Å². The standard InChI is InChI=1S/C18H12F13NO2/c1-3-34-12(33)10(7-32)9-5-4-8(2)6-11(9)13(19,20)14(21,22)15(23,24)16(25,26)17(27,28)18(29,30)31/h4-6,10H,3H2,1-2H3. The van der Waals surface area contributed by atoms with Crippen LogP contribution in [0.4, 0.5) is 57.1 Å². The van der Waals surface area contributed by atoms with Crippen molar-refractivity contribution in [2.75, 3.05) is 6.61 Å². The Morgan fingerprint density at radius 2 is 1.35 bits per heavy atom. The molecule has 1 aromatic rings. The highest BCUT2D eigenvalue weighted by Crippen LogP contribution is 2.62. The molecule has 0 aliphatic rings. The lowest BCUT2D eigenvalue weighted by molar-refractivity contribution is -0.441. The number of carbonyl (C=O) groups excluding carboxylic acids is 1. The maximum Gasteiger partial charge on any atom is 0.460 e. The number of benzene rings is 1. The molecule has 0 saturated carbocycles. The summed E-state index contributed by atoms with van der Waals surface area (Å²) in [5.41, 5.74) is -4.29. The molecule has 0 heterocycles. The lowest BCUT2D eigenvalue weighted by atomic mass is 9.84. The summed E-state index contributed by atoms with van der Waals surface area (Å²) in [6, 6.07) is 2.17. The van der Waals surface area contributed by atoms with Crippen LogP contribution in [0.3, 0.4) is 0 Å². The zero-order valence-corrected chi connectivity index (χ0v) is 16.7. The molecule has 192 valence electrons. The maximum atomic E-state index is 14.7. The molecular formula is C18H12F13NO2. The number of aryl methyl sites for hydroxylation is 1. The first-order valence-electron chi connectivity index (χ1n) is 8.69. The van der Waals surface area contributed by atoms with Gasteiger partial charge in [0.2, 0.25) is 0 Å². The van der Waals surface area contributed by atoms with Gasteiger partial charge in [-0.2, -0.15) is 62.3 Å². The maximum absolute atomic E-state index is 14.7. The van der Waals surface area contributed by atoms with E-state index in [4.69, 9.17) is 5.26 Å². The number of rotatable bonds is 8. The number of carbonyl (C=O) groups is 1. The first kappa shape index (κ1) is 29.3. The summed E-state index contributed by atoms with van der Waals surface area (Å²) in [5.74, 6) is -42.3. The Hall–Kier alpha value is -2.73. The van der Waals surface area contributed by atoms with Crippen LogP contribution in [0.25, 0.3) is 0 Å². The number of nitrogens with zero attached hydrogens (tertiary/aromatic N) is 1. The molecule has 0 fully saturated rings. The Bertz CT molecular complexity index is 964. The van der Waals surface area contributed by atoms with E-state index in [1.54, 1.807) is 0 Å². The number of ether oxygens (including phenoxy) is 1. The molecule has 0 aliphatic carbocycles. The largest absolute Gasteiger partial charge is 0.465 e. The first-order chi connectivity index (χ1) is 15.1. The van der Waals surface area contributed by atoms with E-state index in [1.807, 2.05) is 0 Å². The van der Waals surface area contributed by atoms with Crippen LogP contribution in [0.15, 0.2) is 18.2 Å². The lowest BCUT2D eigenvalue weighted by Crippen LogP contribution is -2.69. The number of esters is 1.